The average Bonchev–Trinajstić information content (AvgIpc) is 3.48. The largest absolute Gasteiger partial charge is 0.384 e. The molecule has 0 aliphatic rings. The van der Waals surface area contributed by atoms with Gasteiger partial charge in [-0.2, -0.15) is 5.10 Å². The van der Waals surface area contributed by atoms with E-state index in [1.807, 2.05) is 68.4 Å². The number of fused-ring (bicyclic) bond motifs is 2. The Bertz CT molecular complexity index is 1820. The molecule has 2 N–H and O–H groups in total. The Morgan fingerprint density at radius 2 is 1.90 bits per heavy atom. The van der Waals surface area contributed by atoms with Gasteiger partial charge in [0.2, 0.25) is 0 Å². The molecular formula is C30H29FN8. The van der Waals surface area contributed by atoms with Crippen LogP contribution in [0.25, 0.3) is 55.8 Å². The highest BCUT2D eigenvalue weighted by Gasteiger charge is 2.19. The first kappa shape index (κ1) is 24.7. The van der Waals surface area contributed by atoms with Gasteiger partial charge in [-0.25, -0.2) is 14.4 Å². The predicted octanol–water partition coefficient (Wildman–Crippen LogP) is 5.66. The molecule has 4 aromatic heterocycles. The van der Waals surface area contributed by atoms with Gasteiger partial charge in [-0.15, -0.1) is 0 Å². The van der Waals surface area contributed by atoms with Gasteiger partial charge in [0.05, 0.1) is 16.4 Å². The molecule has 0 amide bonds. The minimum atomic E-state index is -0.295. The third-order valence-electron chi connectivity index (χ3n) is 6.99. The first-order chi connectivity index (χ1) is 18.9. The summed E-state index contributed by atoms with van der Waals surface area (Å²) in [5.74, 6) is 0.430. The lowest BCUT2D eigenvalue weighted by Crippen LogP contribution is -2.20. The molecule has 0 fully saturated rings. The Balaban J connectivity index is 1.45. The number of aromatic amines is 1. The molecule has 8 nitrogen and oxygen atoms in total. The highest BCUT2D eigenvalue weighted by atomic mass is 19.1. The average molecular weight is 521 g/mol. The molecule has 0 saturated carbocycles. The van der Waals surface area contributed by atoms with Crippen LogP contribution < -0.4 is 5.32 Å². The fourth-order valence-corrected chi connectivity index (χ4v) is 4.93. The number of hydrogen-bond donors (Lipinski definition) is 2. The normalized spacial score (nSPS) is 11.6. The molecule has 0 aliphatic heterocycles. The molecule has 6 aromatic rings. The van der Waals surface area contributed by atoms with Crippen LogP contribution in [0, 0.1) is 12.7 Å². The molecule has 0 radical (unpaired) electrons. The highest BCUT2D eigenvalue weighted by molar-refractivity contribution is 5.98. The van der Waals surface area contributed by atoms with Crippen LogP contribution >= 0.6 is 0 Å². The number of likely N-dealkylation sites (N-methyl/N-ethyl adjacent to an activating group) is 1. The van der Waals surface area contributed by atoms with E-state index in [-0.39, 0.29) is 5.82 Å². The van der Waals surface area contributed by atoms with Crippen molar-refractivity contribution in [3.8, 4) is 33.8 Å². The monoisotopic (exact) mass is 520 g/mol. The van der Waals surface area contributed by atoms with Crippen molar-refractivity contribution in [1.82, 2.24) is 34.6 Å². The van der Waals surface area contributed by atoms with Gasteiger partial charge in [0.15, 0.2) is 11.5 Å². The van der Waals surface area contributed by atoms with Crippen LogP contribution in [0.1, 0.15) is 5.56 Å². The number of rotatable bonds is 7. The van der Waals surface area contributed by atoms with Crippen LogP contribution in [-0.4, -0.2) is 61.8 Å². The molecule has 9 heteroatoms. The molecule has 4 heterocycles. The van der Waals surface area contributed by atoms with Gasteiger partial charge in [0, 0.05) is 61.1 Å². The number of imidazole rings is 1. The summed E-state index contributed by atoms with van der Waals surface area (Å²) in [6.45, 7) is 3.62. The van der Waals surface area contributed by atoms with Crippen LogP contribution in [0.3, 0.4) is 0 Å². The van der Waals surface area contributed by atoms with Gasteiger partial charge in [-0.05, 0) is 68.5 Å². The molecule has 6 rings (SSSR count). The number of aryl methyl sites for hydroxylation is 2. The number of aromatic nitrogens is 6. The maximum Gasteiger partial charge on any atom is 0.181 e. The van der Waals surface area contributed by atoms with Crippen molar-refractivity contribution in [3.63, 3.8) is 0 Å². The lowest BCUT2D eigenvalue weighted by Gasteiger charge is -2.13. The van der Waals surface area contributed by atoms with Crippen LogP contribution in [0.15, 0.2) is 67.1 Å². The molecule has 196 valence electrons. The summed E-state index contributed by atoms with van der Waals surface area (Å²) in [5.41, 5.74) is 8.58. The van der Waals surface area contributed by atoms with Crippen molar-refractivity contribution in [3.05, 3.63) is 78.5 Å². The molecule has 2 aromatic carbocycles. The van der Waals surface area contributed by atoms with Crippen molar-refractivity contribution in [2.24, 2.45) is 7.05 Å². The van der Waals surface area contributed by atoms with Crippen LogP contribution in [0.4, 0.5) is 10.1 Å². The first-order valence-electron chi connectivity index (χ1n) is 12.8. The van der Waals surface area contributed by atoms with Crippen LogP contribution in [0.5, 0.6) is 0 Å². The SMILES string of the molecule is Cc1ccncc1-c1cnc2n[nH]c(-c3nc4c(-c5cc(F)cc(NCCN(C)C)c5)cccc4n3C)c2c1. The van der Waals surface area contributed by atoms with Gasteiger partial charge in [-0.3, -0.25) is 10.1 Å². The number of anilines is 1. The predicted molar refractivity (Wildman–Crippen MR) is 154 cm³/mol. The molecule has 0 aliphatic carbocycles. The Morgan fingerprint density at radius 3 is 2.72 bits per heavy atom. The summed E-state index contributed by atoms with van der Waals surface area (Å²) >= 11 is 0. The summed E-state index contributed by atoms with van der Waals surface area (Å²) < 4.78 is 16.7. The second-order valence-corrected chi connectivity index (χ2v) is 10.0. The maximum absolute atomic E-state index is 14.7. The molecule has 39 heavy (non-hydrogen) atoms. The zero-order valence-corrected chi connectivity index (χ0v) is 22.3. The van der Waals surface area contributed by atoms with E-state index in [1.165, 1.54) is 6.07 Å². The Kier molecular flexibility index (Phi) is 6.28. The fourth-order valence-electron chi connectivity index (χ4n) is 4.93. The van der Waals surface area contributed by atoms with E-state index in [1.54, 1.807) is 12.3 Å². The topological polar surface area (TPSA) is 87.5 Å². The lowest BCUT2D eigenvalue weighted by molar-refractivity contribution is 0.425. The van der Waals surface area contributed by atoms with Crippen LogP contribution in [0.2, 0.25) is 0 Å². The van der Waals surface area contributed by atoms with E-state index in [0.29, 0.717) is 5.65 Å². The first-order valence-corrected chi connectivity index (χ1v) is 12.8. The van der Waals surface area contributed by atoms with Crippen molar-refractivity contribution >= 4 is 27.8 Å². The maximum atomic E-state index is 14.7. The minimum absolute atomic E-state index is 0.295. The third-order valence-corrected chi connectivity index (χ3v) is 6.99. The number of pyridine rings is 2. The summed E-state index contributed by atoms with van der Waals surface area (Å²) in [6.07, 6.45) is 5.45. The van der Waals surface area contributed by atoms with E-state index in [4.69, 9.17) is 4.98 Å². The number of nitrogens with zero attached hydrogens (tertiary/aromatic N) is 6. The van der Waals surface area contributed by atoms with Gasteiger partial charge < -0.3 is 14.8 Å². The van der Waals surface area contributed by atoms with E-state index < -0.39 is 0 Å². The Hall–Kier alpha value is -4.63. The van der Waals surface area contributed by atoms with E-state index in [2.05, 4.69) is 43.4 Å². The van der Waals surface area contributed by atoms with Crippen molar-refractivity contribution in [1.29, 1.82) is 0 Å². The van der Waals surface area contributed by atoms with E-state index >= 15 is 0 Å². The van der Waals surface area contributed by atoms with Crippen molar-refractivity contribution < 1.29 is 4.39 Å². The van der Waals surface area contributed by atoms with Crippen molar-refractivity contribution in [2.75, 3.05) is 32.5 Å². The molecule has 0 bridgehead atoms. The summed E-state index contributed by atoms with van der Waals surface area (Å²) in [7, 11) is 6.00. The smallest absolute Gasteiger partial charge is 0.181 e. The lowest BCUT2D eigenvalue weighted by atomic mass is 10.0. The number of benzene rings is 2. The number of nitrogens with one attached hydrogen (secondary N) is 2. The fraction of sp³-hybridized carbons (Fsp3) is 0.200. The van der Waals surface area contributed by atoms with Crippen molar-refractivity contribution in [2.45, 2.75) is 6.92 Å². The number of halogens is 1. The van der Waals surface area contributed by atoms with Gasteiger partial charge >= 0.3 is 0 Å². The molecule has 0 unspecified atom stereocenters. The molecule has 0 saturated heterocycles. The Labute approximate surface area is 225 Å². The molecular weight excluding hydrogens is 491 g/mol. The zero-order valence-electron chi connectivity index (χ0n) is 22.3. The highest BCUT2D eigenvalue weighted by Crippen LogP contribution is 2.35. The molecule has 0 spiro atoms. The zero-order chi connectivity index (χ0) is 27.1. The summed E-state index contributed by atoms with van der Waals surface area (Å²) in [6, 6.07) is 15.1. The van der Waals surface area contributed by atoms with Gasteiger partial charge in [0.25, 0.3) is 0 Å². The quantitative estimate of drug-likeness (QED) is 0.282. The minimum Gasteiger partial charge on any atom is -0.384 e. The summed E-state index contributed by atoms with van der Waals surface area (Å²) in [4.78, 5) is 16.0. The van der Waals surface area contributed by atoms with Gasteiger partial charge in [0.1, 0.15) is 11.5 Å². The second kappa shape index (κ2) is 9.92. The standard InChI is InChI=1S/C30H29FN8/c1-18-8-9-32-17-25(18)20-14-24-28(36-37-29(24)34-16-20)30-35-27-23(6-5-7-26(27)39(30)4)19-12-21(31)15-22(13-19)33-10-11-38(2)3/h5-9,12-17,33H,10-11H2,1-4H3,(H,34,36,37). The number of H-pyrrole nitrogens is 1. The van der Waals surface area contributed by atoms with Gasteiger partial charge in [-0.1, -0.05) is 12.1 Å². The Morgan fingerprint density at radius 1 is 1.03 bits per heavy atom. The number of para-hydroxylation sites is 1. The van der Waals surface area contributed by atoms with E-state index in [9.17, 15) is 4.39 Å². The second-order valence-electron chi connectivity index (χ2n) is 10.0. The number of hydrogen-bond acceptors (Lipinski definition) is 6. The van der Waals surface area contributed by atoms with Crippen LogP contribution in [-0.2, 0) is 7.05 Å². The van der Waals surface area contributed by atoms with E-state index in [0.717, 1.165) is 74.5 Å². The summed E-state index contributed by atoms with van der Waals surface area (Å²) in [5, 5.41) is 11.8. The third kappa shape index (κ3) is 4.61. The molecule has 0 atom stereocenters.